The van der Waals surface area contributed by atoms with Gasteiger partial charge in [0.25, 0.3) is 11.6 Å². The van der Waals surface area contributed by atoms with E-state index < -0.39 is 15.7 Å². The third-order valence-corrected chi connectivity index (χ3v) is 2.04. The maximum absolute atomic E-state index is 10.9. The fourth-order valence-electron chi connectivity index (χ4n) is 0.808. The lowest BCUT2D eigenvalue weighted by molar-refractivity contribution is -0.415. The molecule has 0 fully saturated rings. The number of dihydropyridines is 1. The monoisotopic (exact) mass is 232 g/mol. The fourth-order valence-corrected chi connectivity index (χ4v) is 1.16. The molecule has 5 nitrogen and oxygen atoms in total. The minimum atomic E-state index is -0.665. The van der Waals surface area contributed by atoms with Crippen molar-refractivity contribution in [2.45, 2.75) is 11.8 Å². The van der Waals surface area contributed by atoms with E-state index in [4.69, 9.17) is 0 Å². The summed E-state index contributed by atoms with van der Waals surface area (Å²) in [6.07, 6.45) is 1.24. The highest BCUT2D eigenvalue weighted by Gasteiger charge is 2.26. The average Bonchev–Trinajstić information content (AvgIpc) is 1.96. The Balaban J connectivity index is 3.04. The standard InChI is InChI=1S/C6H5BrN2O3/c1-3-5(9(11)12)2-4(7)6(10)8-3/h2,4H,1H3. The highest BCUT2D eigenvalue weighted by Crippen LogP contribution is 2.15. The van der Waals surface area contributed by atoms with Crippen LogP contribution in [0.4, 0.5) is 0 Å². The smallest absolute Gasteiger partial charge is 0.271 e. The van der Waals surface area contributed by atoms with Crippen molar-refractivity contribution < 1.29 is 9.72 Å². The highest BCUT2D eigenvalue weighted by atomic mass is 79.9. The average molecular weight is 233 g/mol. The summed E-state index contributed by atoms with van der Waals surface area (Å²) in [7, 11) is 0. The van der Waals surface area contributed by atoms with Gasteiger partial charge in [-0.25, -0.2) is 4.99 Å². The number of hydrogen-bond acceptors (Lipinski definition) is 3. The lowest BCUT2D eigenvalue weighted by Crippen LogP contribution is -2.22. The van der Waals surface area contributed by atoms with Crippen LogP contribution in [0.5, 0.6) is 0 Å². The molecule has 0 spiro atoms. The predicted molar refractivity (Wildman–Crippen MR) is 45.9 cm³/mol. The molecule has 1 rings (SSSR count). The number of amides is 1. The van der Waals surface area contributed by atoms with Gasteiger partial charge in [0.1, 0.15) is 10.5 Å². The van der Waals surface area contributed by atoms with Gasteiger partial charge in [0.2, 0.25) is 0 Å². The Labute approximate surface area is 76.4 Å². The lowest BCUT2D eigenvalue weighted by atomic mass is 10.2. The maximum Gasteiger partial charge on any atom is 0.288 e. The number of nitro groups is 1. The Kier molecular flexibility index (Phi) is 2.37. The summed E-state index contributed by atoms with van der Waals surface area (Å²) in [5.74, 6) is -0.405. The Morgan fingerprint density at radius 1 is 1.75 bits per heavy atom. The summed E-state index contributed by atoms with van der Waals surface area (Å²) in [4.78, 5) is 23.5. The molecular formula is C6H5BrN2O3. The number of carbonyl (C=O) groups excluding carboxylic acids is 1. The number of nitrogens with zero attached hydrogens (tertiary/aromatic N) is 2. The summed E-state index contributed by atoms with van der Waals surface area (Å²) in [6, 6.07) is 0. The number of hydrogen-bond donors (Lipinski definition) is 0. The van der Waals surface area contributed by atoms with E-state index >= 15 is 0 Å². The first-order valence-corrected chi connectivity index (χ1v) is 4.03. The van der Waals surface area contributed by atoms with E-state index in [0.717, 1.165) is 0 Å². The molecule has 12 heavy (non-hydrogen) atoms. The molecule has 0 saturated heterocycles. The Morgan fingerprint density at radius 2 is 2.33 bits per heavy atom. The zero-order valence-corrected chi connectivity index (χ0v) is 7.74. The molecule has 64 valence electrons. The van der Waals surface area contributed by atoms with Gasteiger partial charge in [-0.3, -0.25) is 14.9 Å². The largest absolute Gasteiger partial charge is 0.288 e. The number of alkyl halides is 1. The van der Waals surface area contributed by atoms with Gasteiger partial charge in [0.05, 0.1) is 4.92 Å². The van der Waals surface area contributed by atoms with Crippen molar-refractivity contribution in [2.24, 2.45) is 4.99 Å². The molecule has 0 radical (unpaired) electrons. The minimum absolute atomic E-state index is 0.114. The predicted octanol–water partition coefficient (Wildman–Crippen LogP) is 0.912. The van der Waals surface area contributed by atoms with Crippen LogP contribution in [0.1, 0.15) is 6.92 Å². The normalized spacial score (nSPS) is 23.2. The Hall–Kier alpha value is -1.04. The lowest BCUT2D eigenvalue weighted by Gasteiger charge is -2.06. The number of carbonyl (C=O) groups is 1. The van der Waals surface area contributed by atoms with Crippen molar-refractivity contribution in [3.8, 4) is 0 Å². The van der Waals surface area contributed by atoms with Gasteiger partial charge in [-0.1, -0.05) is 15.9 Å². The second kappa shape index (κ2) is 3.14. The topological polar surface area (TPSA) is 72.6 Å². The first-order valence-electron chi connectivity index (χ1n) is 3.12. The molecule has 1 amide bonds. The summed E-state index contributed by atoms with van der Waals surface area (Å²) >= 11 is 2.95. The highest BCUT2D eigenvalue weighted by molar-refractivity contribution is 9.10. The zero-order valence-electron chi connectivity index (χ0n) is 6.15. The molecule has 1 heterocycles. The van der Waals surface area contributed by atoms with Gasteiger partial charge in [0.15, 0.2) is 0 Å². The molecule has 0 bridgehead atoms. The molecule has 0 N–H and O–H groups in total. The minimum Gasteiger partial charge on any atom is -0.271 e. The van der Waals surface area contributed by atoms with Gasteiger partial charge in [0, 0.05) is 6.08 Å². The summed E-state index contributed by atoms with van der Waals surface area (Å²) in [6.45, 7) is 1.44. The van der Waals surface area contributed by atoms with Gasteiger partial charge in [-0.05, 0) is 6.92 Å². The van der Waals surface area contributed by atoms with Crippen LogP contribution in [0, 0.1) is 10.1 Å². The van der Waals surface area contributed by atoms with Crippen LogP contribution in [0.15, 0.2) is 16.8 Å². The Morgan fingerprint density at radius 3 is 2.83 bits per heavy atom. The van der Waals surface area contributed by atoms with E-state index in [9.17, 15) is 14.9 Å². The van der Waals surface area contributed by atoms with Gasteiger partial charge >= 0.3 is 0 Å². The van der Waals surface area contributed by atoms with Crippen LogP contribution in [0.25, 0.3) is 0 Å². The first-order chi connectivity index (χ1) is 5.52. The van der Waals surface area contributed by atoms with Crippen molar-refractivity contribution >= 4 is 27.5 Å². The van der Waals surface area contributed by atoms with Gasteiger partial charge in [-0.15, -0.1) is 0 Å². The molecule has 0 aromatic rings. The second-order valence-corrected chi connectivity index (χ2v) is 3.23. The van der Waals surface area contributed by atoms with E-state index in [1.807, 2.05) is 0 Å². The molecule has 6 heteroatoms. The number of rotatable bonds is 1. The van der Waals surface area contributed by atoms with E-state index in [1.54, 1.807) is 0 Å². The molecule has 0 aromatic heterocycles. The van der Waals surface area contributed by atoms with Gasteiger partial charge in [-0.2, -0.15) is 0 Å². The van der Waals surface area contributed by atoms with E-state index in [0.29, 0.717) is 0 Å². The van der Waals surface area contributed by atoms with E-state index in [1.165, 1.54) is 13.0 Å². The quantitative estimate of drug-likeness (QED) is 0.384. The van der Waals surface area contributed by atoms with Crippen molar-refractivity contribution in [3.63, 3.8) is 0 Å². The van der Waals surface area contributed by atoms with Crippen LogP contribution in [0.3, 0.4) is 0 Å². The summed E-state index contributed by atoms with van der Waals surface area (Å²) < 4.78 is 0. The Bertz CT molecular complexity index is 308. The molecule has 1 aliphatic rings. The zero-order chi connectivity index (χ0) is 9.30. The molecule has 1 aliphatic heterocycles. The van der Waals surface area contributed by atoms with Crippen molar-refractivity contribution in [3.05, 3.63) is 21.9 Å². The SMILES string of the molecule is CC1=NC(=O)C(Br)C=C1[N+](=O)[O-]. The fraction of sp³-hybridized carbons (Fsp3) is 0.333. The first kappa shape index (κ1) is 9.05. The van der Waals surface area contributed by atoms with Crippen LogP contribution in [-0.2, 0) is 4.79 Å². The van der Waals surface area contributed by atoms with Crippen molar-refractivity contribution in [1.29, 1.82) is 0 Å². The van der Waals surface area contributed by atoms with Gasteiger partial charge < -0.3 is 0 Å². The van der Waals surface area contributed by atoms with Crippen LogP contribution < -0.4 is 0 Å². The van der Waals surface area contributed by atoms with Crippen LogP contribution in [0.2, 0.25) is 0 Å². The molecule has 1 unspecified atom stereocenters. The molecule has 0 aliphatic carbocycles. The number of allylic oxidation sites excluding steroid dienone is 1. The van der Waals surface area contributed by atoms with Crippen molar-refractivity contribution in [1.82, 2.24) is 0 Å². The van der Waals surface area contributed by atoms with Crippen LogP contribution in [-0.4, -0.2) is 21.4 Å². The second-order valence-electron chi connectivity index (χ2n) is 2.25. The molecule has 1 atom stereocenters. The number of halogens is 1. The maximum atomic E-state index is 10.9. The van der Waals surface area contributed by atoms with E-state index in [2.05, 4.69) is 20.9 Å². The molecule has 0 aromatic carbocycles. The molecular weight excluding hydrogens is 228 g/mol. The summed E-state index contributed by atoms with van der Waals surface area (Å²) in [5.41, 5.74) is 0.0391. The van der Waals surface area contributed by atoms with Crippen LogP contribution >= 0.6 is 15.9 Å². The number of aliphatic imine (C=N–C) groups is 1. The third kappa shape index (κ3) is 1.58. The van der Waals surface area contributed by atoms with Crippen molar-refractivity contribution in [2.75, 3.05) is 0 Å². The van der Waals surface area contributed by atoms with E-state index in [-0.39, 0.29) is 11.4 Å². The summed E-state index contributed by atoms with van der Waals surface area (Å²) in [5, 5.41) is 10.3. The molecule has 0 saturated carbocycles. The third-order valence-electron chi connectivity index (χ3n) is 1.39.